The van der Waals surface area contributed by atoms with Crippen molar-refractivity contribution in [2.24, 2.45) is 0 Å². The maximum atomic E-state index is 14.2. The lowest BCUT2D eigenvalue weighted by Gasteiger charge is -2.34. The minimum atomic E-state index is -0.666. The second-order valence-corrected chi connectivity index (χ2v) is 7.96. The van der Waals surface area contributed by atoms with E-state index in [1.54, 1.807) is 19.2 Å². The number of piperidine rings is 1. The van der Waals surface area contributed by atoms with Gasteiger partial charge in [-0.2, -0.15) is 0 Å². The number of rotatable bonds is 6. The summed E-state index contributed by atoms with van der Waals surface area (Å²) in [5.41, 5.74) is 1.08. The molecule has 1 saturated heterocycles. The van der Waals surface area contributed by atoms with Crippen LogP contribution in [0, 0.1) is 5.82 Å². The molecule has 5 heteroatoms. The molecular weight excluding hydrogens is 355 g/mol. The number of halogens is 1. The Hall–Kier alpha value is -2.40. The van der Waals surface area contributed by atoms with E-state index in [1.807, 2.05) is 18.2 Å². The zero-order valence-electron chi connectivity index (χ0n) is 16.3. The minimum absolute atomic E-state index is 0.0224. The molecule has 4 rings (SSSR count). The largest absolute Gasteiger partial charge is 0.497 e. The second kappa shape index (κ2) is 7.92. The van der Waals surface area contributed by atoms with E-state index in [0.717, 1.165) is 51.1 Å². The highest BCUT2D eigenvalue weighted by molar-refractivity contribution is 5.91. The zero-order chi connectivity index (χ0) is 19.6. The van der Waals surface area contributed by atoms with Gasteiger partial charge in [-0.15, -0.1) is 0 Å². The van der Waals surface area contributed by atoms with Crippen molar-refractivity contribution in [3.05, 3.63) is 65.5 Å². The third-order valence-corrected chi connectivity index (χ3v) is 5.96. The first kappa shape index (κ1) is 18.9. The predicted molar refractivity (Wildman–Crippen MR) is 107 cm³/mol. The standard InChI is InChI=1S/C23H27FN2O2/c1-28-19-8-4-6-17(14-19)15-26-13-5-7-18(16-26)25-22(27)23(11-12-23)20-9-2-3-10-21(20)24/h2-4,6,8-10,14,18H,5,7,11-13,15-16H2,1H3,(H,25,27)/t18-/m1/s1. The van der Waals surface area contributed by atoms with Gasteiger partial charge in [-0.25, -0.2) is 4.39 Å². The summed E-state index contributed by atoms with van der Waals surface area (Å²) in [5.74, 6) is 0.559. The summed E-state index contributed by atoms with van der Waals surface area (Å²) in [5, 5.41) is 3.21. The summed E-state index contributed by atoms with van der Waals surface area (Å²) >= 11 is 0. The number of carbonyl (C=O) groups is 1. The molecule has 1 heterocycles. The normalized spacial score (nSPS) is 21.1. The van der Waals surface area contributed by atoms with Gasteiger partial charge >= 0.3 is 0 Å². The summed E-state index contributed by atoms with van der Waals surface area (Å²) in [4.78, 5) is 15.4. The van der Waals surface area contributed by atoms with Crippen molar-refractivity contribution in [2.75, 3.05) is 20.2 Å². The first-order valence-corrected chi connectivity index (χ1v) is 10.0. The summed E-state index contributed by atoms with van der Waals surface area (Å²) in [6, 6.07) is 14.9. The molecule has 2 aliphatic rings. The molecule has 28 heavy (non-hydrogen) atoms. The van der Waals surface area contributed by atoms with E-state index in [0.29, 0.717) is 5.56 Å². The molecule has 0 unspecified atom stereocenters. The number of nitrogens with zero attached hydrogens (tertiary/aromatic N) is 1. The fourth-order valence-electron chi connectivity index (χ4n) is 4.26. The number of methoxy groups -OCH3 is 1. The van der Waals surface area contributed by atoms with Crippen molar-refractivity contribution in [1.82, 2.24) is 10.2 Å². The Morgan fingerprint density at radius 2 is 2.07 bits per heavy atom. The molecule has 2 aromatic rings. The van der Waals surface area contributed by atoms with Crippen LogP contribution in [0.15, 0.2) is 48.5 Å². The SMILES string of the molecule is COc1cccc(CN2CCC[C@@H](NC(=O)C3(c4ccccc4F)CC3)C2)c1. The van der Waals surface area contributed by atoms with Gasteiger partial charge in [0.15, 0.2) is 0 Å². The van der Waals surface area contributed by atoms with Crippen LogP contribution < -0.4 is 10.1 Å². The third-order valence-electron chi connectivity index (χ3n) is 5.96. The van der Waals surface area contributed by atoms with Crippen molar-refractivity contribution in [1.29, 1.82) is 0 Å². The maximum Gasteiger partial charge on any atom is 0.231 e. The van der Waals surface area contributed by atoms with Crippen molar-refractivity contribution in [2.45, 2.75) is 43.7 Å². The molecule has 1 aliphatic heterocycles. The summed E-state index contributed by atoms with van der Waals surface area (Å²) < 4.78 is 19.5. The molecule has 0 radical (unpaired) electrons. The van der Waals surface area contributed by atoms with Crippen molar-refractivity contribution < 1.29 is 13.9 Å². The van der Waals surface area contributed by atoms with E-state index in [-0.39, 0.29) is 17.8 Å². The van der Waals surface area contributed by atoms with Crippen LogP contribution in [0.2, 0.25) is 0 Å². The van der Waals surface area contributed by atoms with Crippen LogP contribution in [-0.2, 0) is 16.8 Å². The molecule has 0 bridgehead atoms. The number of amides is 1. The fourth-order valence-corrected chi connectivity index (χ4v) is 4.26. The van der Waals surface area contributed by atoms with Gasteiger partial charge in [-0.1, -0.05) is 30.3 Å². The first-order valence-electron chi connectivity index (χ1n) is 10.0. The molecule has 2 fully saturated rings. The highest BCUT2D eigenvalue weighted by Gasteiger charge is 2.53. The van der Waals surface area contributed by atoms with Gasteiger partial charge in [0.2, 0.25) is 5.91 Å². The van der Waals surface area contributed by atoms with Crippen LogP contribution in [0.1, 0.15) is 36.8 Å². The Kier molecular flexibility index (Phi) is 5.36. The Balaban J connectivity index is 1.38. The number of nitrogens with one attached hydrogen (secondary N) is 1. The summed E-state index contributed by atoms with van der Waals surface area (Å²) in [7, 11) is 1.68. The Bertz CT molecular complexity index is 850. The monoisotopic (exact) mass is 382 g/mol. The molecule has 4 nitrogen and oxygen atoms in total. The van der Waals surface area contributed by atoms with Crippen LogP contribution in [0.3, 0.4) is 0 Å². The quantitative estimate of drug-likeness (QED) is 0.829. The average Bonchev–Trinajstić information content (AvgIpc) is 3.51. The number of benzene rings is 2. The summed E-state index contributed by atoms with van der Waals surface area (Å²) in [6.07, 6.45) is 3.45. The minimum Gasteiger partial charge on any atom is -0.497 e. The lowest BCUT2D eigenvalue weighted by Crippen LogP contribution is -2.50. The van der Waals surface area contributed by atoms with Crippen LogP contribution in [0.5, 0.6) is 5.75 Å². The van der Waals surface area contributed by atoms with Crippen LogP contribution in [0.25, 0.3) is 0 Å². The van der Waals surface area contributed by atoms with Crippen LogP contribution in [-0.4, -0.2) is 37.0 Å². The van der Waals surface area contributed by atoms with E-state index in [2.05, 4.69) is 22.3 Å². The molecule has 1 atom stereocenters. The van der Waals surface area contributed by atoms with Gasteiger partial charge < -0.3 is 10.1 Å². The van der Waals surface area contributed by atoms with Crippen molar-refractivity contribution in [3.63, 3.8) is 0 Å². The number of hydrogen-bond acceptors (Lipinski definition) is 3. The fraction of sp³-hybridized carbons (Fsp3) is 0.435. The van der Waals surface area contributed by atoms with Gasteiger partial charge in [0.25, 0.3) is 0 Å². The van der Waals surface area contributed by atoms with Gasteiger partial charge in [0, 0.05) is 24.7 Å². The van der Waals surface area contributed by atoms with Crippen molar-refractivity contribution >= 4 is 5.91 Å². The lowest BCUT2D eigenvalue weighted by molar-refractivity contribution is -0.124. The highest BCUT2D eigenvalue weighted by atomic mass is 19.1. The molecular formula is C23H27FN2O2. The third kappa shape index (κ3) is 3.90. The Morgan fingerprint density at radius 3 is 2.82 bits per heavy atom. The molecule has 148 valence electrons. The number of ether oxygens (including phenoxy) is 1. The van der Waals surface area contributed by atoms with Gasteiger partial charge in [0.1, 0.15) is 11.6 Å². The number of hydrogen-bond donors (Lipinski definition) is 1. The summed E-state index contributed by atoms with van der Waals surface area (Å²) in [6.45, 7) is 2.67. The molecule has 0 spiro atoms. The van der Waals surface area contributed by atoms with Gasteiger partial charge in [-0.3, -0.25) is 9.69 Å². The smallest absolute Gasteiger partial charge is 0.231 e. The molecule has 1 amide bonds. The Labute approximate surface area is 165 Å². The molecule has 1 N–H and O–H groups in total. The molecule has 2 aromatic carbocycles. The second-order valence-electron chi connectivity index (χ2n) is 7.96. The van der Waals surface area contributed by atoms with Gasteiger partial charge in [-0.05, 0) is 56.0 Å². The van der Waals surface area contributed by atoms with E-state index >= 15 is 0 Å². The van der Waals surface area contributed by atoms with E-state index in [1.165, 1.54) is 11.6 Å². The molecule has 1 aliphatic carbocycles. The highest BCUT2D eigenvalue weighted by Crippen LogP contribution is 2.49. The lowest BCUT2D eigenvalue weighted by atomic mass is 9.93. The van der Waals surface area contributed by atoms with E-state index in [9.17, 15) is 9.18 Å². The predicted octanol–water partition coefficient (Wildman–Crippen LogP) is 3.65. The average molecular weight is 382 g/mol. The first-order chi connectivity index (χ1) is 13.6. The Morgan fingerprint density at radius 1 is 1.25 bits per heavy atom. The maximum absolute atomic E-state index is 14.2. The number of likely N-dealkylation sites (tertiary alicyclic amines) is 1. The molecule has 0 aromatic heterocycles. The molecule has 1 saturated carbocycles. The zero-order valence-corrected chi connectivity index (χ0v) is 16.3. The van der Waals surface area contributed by atoms with E-state index < -0.39 is 5.41 Å². The van der Waals surface area contributed by atoms with Crippen LogP contribution >= 0.6 is 0 Å². The van der Waals surface area contributed by atoms with E-state index in [4.69, 9.17) is 4.74 Å². The topological polar surface area (TPSA) is 41.6 Å². The number of carbonyl (C=O) groups excluding carboxylic acids is 1. The van der Waals surface area contributed by atoms with Crippen LogP contribution in [0.4, 0.5) is 4.39 Å². The van der Waals surface area contributed by atoms with Gasteiger partial charge in [0.05, 0.1) is 12.5 Å². The van der Waals surface area contributed by atoms with Crippen molar-refractivity contribution in [3.8, 4) is 5.75 Å².